The normalized spacial score (nSPS) is 11.3. The van der Waals surface area contributed by atoms with E-state index in [-0.39, 0.29) is 0 Å². The van der Waals surface area contributed by atoms with E-state index < -0.39 is 0 Å². The molecule has 0 aliphatic rings. The van der Waals surface area contributed by atoms with Crippen molar-refractivity contribution in [1.82, 2.24) is 4.57 Å². The van der Waals surface area contributed by atoms with E-state index >= 15 is 0 Å². The fraction of sp³-hybridized carbons (Fsp3) is 0.0870. The molecule has 2 heteroatoms. The SMILES string of the molecule is CCCCc1ccc(N(c2ccc(-c3ccccc3)cc2)c2ccc(-c3ccc4c(c3)c3ccccc3n4-c3ccccc3)cc2)cc1. The topological polar surface area (TPSA) is 8.17 Å². The summed E-state index contributed by atoms with van der Waals surface area (Å²) in [7, 11) is 0. The summed E-state index contributed by atoms with van der Waals surface area (Å²) in [6.45, 7) is 2.25. The Balaban J connectivity index is 1.17. The molecule has 1 heterocycles. The molecule has 0 atom stereocenters. The molecule has 0 fully saturated rings. The van der Waals surface area contributed by atoms with Gasteiger partial charge in [-0.05, 0) is 107 Å². The van der Waals surface area contributed by atoms with E-state index in [1.54, 1.807) is 0 Å². The highest BCUT2D eigenvalue weighted by Crippen LogP contribution is 2.38. The molecule has 8 rings (SSSR count). The summed E-state index contributed by atoms with van der Waals surface area (Å²) in [5.74, 6) is 0. The lowest BCUT2D eigenvalue weighted by Crippen LogP contribution is -2.10. The van der Waals surface area contributed by atoms with E-state index in [9.17, 15) is 0 Å². The summed E-state index contributed by atoms with van der Waals surface area (Å²) >= 11 is 0. The minimum Gasteiger partial charge on any atom is -0.311 e. The Kier molecular flexibility index (Phi) is 8.06. The zero-order chi connectivity index (χ0) is 32.3. The van der Waals surface area contributed by atoms with Crippen LogP contribution in [0.4, 0.5) is 17.1 Å². The fourth-order valence-electron chi connectivity index (χ4n) is 6.88. The molecule has 0 unspecified atom stereocenters. The van der Waals surface area contributed by atoms with Crippen molar-refractivity contribution < 1.29 is 0 Å². The Morgan fingerprint density at radius 2 is 0.938 bits per heavy atom. The number of benzene rings is 7. The van der Waals surface area contributed by atoms with Crippen molar-refractivity contribution >= 4 is 38.9 Å². The van der Waals surface area contributed by atoms with Gasteiger partial charge in [0.15, 0.2) is 0 Å². The summed E-state index contributed by atoms with van der Waals surface area (Å²) in [5.41, 5.74) is 13.3. The van der Waals surface area contributed by atoms with Crippen molar-refractivity contribution in [2.24, 2.45) is 0 Å². The van der Waals surface area contributed by atoms with Gasteiger partial charge in [0.25, 0.3) is 0 Å². The average molecular weight is 619 g/mol. The van der Waals surface area contributed by atoms with Crippen LogP contribution in [0.2, 0.25) is 0 Å². The van der Waals surface area contributed by atoms with Gasteiger partial charge in [-0.3, -0.25) is 0 Å². The fourth-order valence-corrected chi connectivity index (χ4v) is 6.88. The maximum Gasteiger partial charge on any atom is 0.0541 e. The Morgan fingerprint density at radius 1 is 0.438 bits per heavy atom. The maximum atomic E-state index is 2.37. The Labute approximate surface area is 283 Å². The number of unbranched alkanes of at least 4 members (excludes halogenated alkanes) is 1. The Bertz CT molecular complexity index is 2280. The number of aryl methyl sites for hydroxylation is 1. The number of hydrogen-bond acceptors (Lipinski definition) is 1. The second-order valence-electron chi connectivity index (χ2n) is 12.5. The van der Waals surface area contributed by atoms with Crippen LogP contribution >= 0.6 is 0 Å². The molecule has 0 spiro atoms. The minimum atomic E-state index is 1.12. The molecule has 48 heavy (non-hydrogen) atoms. The molecule has 8 aromatic rings. The largest absolute Gasteiger partial charge is 0.311 e. The van der Waals surface area contributed by atoms with Crippen LogP contribution in [0.3, 0.4) is 0 Å². The number of aromatic nitrogens is 1. The summed E-state index contributed by atoms with van der Waals surface area (Å²) in [6.07, 6.45) is 3.53. The van der Waals surface area contributed by atoms with Gasteiger partial charge in [-0.15, -0.1) is 0 Å². The van der Waals surface area contributed by atoms with Gasteiger partial charge < -0.3 is 9.47 Å². The predicted molar refractivity (Wildman–Crippen MR) is 205 cm³/mol. The number of nitrogens with zero attached hydrogens (tertiary/aromatic N) is 2. The van der Waals surface area contributed by atoms with Gasteiger partial charge in [-0.25, -0.2) is 0 Å². The molecule has 0 bridgehead atoms. The third-order valence-corrected chi connectivity index (χ3v) is 9.39. The minimum absolute atomic E-state index is 1.12. The molecule has 0 N–H and O–H groups in total. The predicted octanol–water partition coefficient (Wildman–Crippen LogP) is 12.9. The van der Waals surface area contributed by atoms with Crippen LogP contribution in [-0.4, -0.2) is 4.57 Å². The van der Waals surface area contributed by atoms with Crippen LogP contribution < -0.4 is 4.90 Å². The highest BCUT2D eigenvalue weighted by Gasteiger charge is 2.15. The van der Waals surface area contributed by atoms with Crippen molar-refractivity contribution in [3.63, 3.8) is 0 Å². The first kappa shape index (κ1) is 29.5. The first-order valence-electron chi connectivity index (χ1n) is 17.0. The third kappa shape index (κ3) is 5.67. The van der Waals surface area contributed by atoms with Crippen LogP contribution in [0.25, 0.3) is 49.7 Å². The Morgan fingerprint density at radius 3 is 1.58 bits per heavy atom. The molecule has 1 aromatic heterocycles. The van der Waals surface area contributed by atoms with Gasteiger partial charge in [-0.1, -0.05) is 123 Å². The lowest BCUT2D eigenvalue weighted by Gasteiger charge is -2.26. The molecule has 7 aromatic carbocycles. The molecule has 0 saturated heterocycles. The van der Waals surface area contributed by atoms with E-state index in [1.165, 1.54) is 68.2 Å². The van der Waals surface area contributed by atoms with Crippen molar-refractivity contribution in [1.29, 1.82) is 0 Å². The van der Waals surface area contributed by atoms with E-state index in [4.69, 9.17) is 0 Å². The lowest BCUT2D eigenvalue weighted by atomic mass is 10.0. The maximum absolute atomic E-state index is 2.37. The van der Waals surface area contributed by atoms with E-state index in [1.807, 2.05) is 0 Å². The summed E-state index contributed by atoms with van der Waals surface area (Å²) in [4.78, 5) is 2.36. The zero-order valence-electron chi connectivity index (χ0n) is 27.3. The molecule has 0 radical (unpaired) electrons. The van der Waals surface area contributed by atoms with Crippen molar-refractivity contribution in [2.75, 3.05) is 4.90 Å². The third-order valence-electron chi connectivity index (χ3n) is 9.39. The van der Waals surface area contributed by atoms with Gasteiger partial charge in [0.1, 0.15) is 0 Å². The van der Waals surface area contributed by atoms with Gasteiger partial charge in [0.05, 0.1) is 11.0 Å². The van der Waals surface area contributed by atoms with Gasteiger partial charge in [-0.2, -0.15) is 0 Å². The number of hydrogen-bond donors (Lipinski definition) is 0. The van der Waals surface area contributed by atoms with Gasteiger partial charge >= 0.3 is 0 Å². The number of anilines is 3. The van der Waals surface area contributed by atoms with Crippen LogP contribution in [0.5, 0.6) is 0 Å². The number of para-hydroxylation sites is 2. The molecule has 2 nitrogen and oxygen atoms in total. The molecule has 0 aliphatic heterocycles. The van der Waals surface area contributed by atoms with Crippen LogP contribution in [-0.2, 0) is 6.42 Å². The monoisotopic (exact) mass is 618 g/mol. The lowest BCUT2D eigenvalue weighted by molar-refractivity contribution is 0.795. The number of fused-ring (bicyclic) bond motifs is 3. The second kappa shape index (κ2) is 13.1. The Hall–Kier alpha value is -5.86. The summed E-state index contributed by atoms with van der Waals surface area (Å²) in [5, 5.41) is 2.53. The van der Waals surface area contributed by atoms with Gasteiger partial charge in [0, 0.05) is 33.5 Å². The second-order valence-corrected chi connectivity index (χ2v) is 12.5. The highest BCUT2D eigenvalue weighted by atomic mass is 15.1. The van der Waals surface area contributed by atoms with Crippen molar-refractivity contribution in [3.8, 4) is 27.9 Å². The summed E-state index contributed by atoms with van der Waals surface area (Å²) in [6, 6.07) is 63.8. The molecule has 0 saturated carbocycles. The van der Waals surface area contributed by atoms with Gasteiger partial charge in [0.2, 0.25) is 0 Å². The van der Waals surface area contributed by atoms with Crippen LogP contribution in [0, 0.1) is 0 Å². The molecule has 0 aliphatic carbocycles. The molecule has 232 valence electrons. The van der Waals surface area contributed by atoms with E-state index in [0.29, 0.717) is 0 Å². The standard InChI is InChI=1S/C46H38N2/c1-2-3-12-34-19-26-40(27-20-34)47(41-28-21-36(22-29-41)35-13-6-4-7-14-35)42-30-23-37(24-31-42)38-25-32-46-44(33-38)43-17-10-11-18-45(43)48(46)39-15-8-5-9-16-39/h4-11,13-33H,2-3,12H2,1H3. The van der Waals surface area contributed by atoms with Crippen LogP contribution in [0.1, 0.15) is 25.3 Å². The van der Waals surface area contributed by atoms with Crippen molar-refractivity contribution in [3.05, 3.63) is 181 Å². The van der Waals surface area contributed by atoms with Crippen molar-refractivity contribution in [2.45, 2.75) is 26.2 Å². The highest BCUT2D eigenvalue weighted by molar-refractivity contribution is 6.10. The summed E-state index contributed by atoms with van der Waals surface area (Å²) < 4.78 is 2.37. The molecule has 0 amide bonds. The van der Waals surface area contributed by atoms with Crippen LogP contribution in [0.15, 0.2) is 176 Å². The first-order valence-corrected chi connectivity index (χ1v) is 17.0. The van der Waals surface area contributed by atoms with E-state index in [2.05, 4.69) is 192 Å². The average Bonchev–Trinajstić information content (AvgIpc) is 3.50. The molecular weight excluding hydrogens is 581 g/mol. The zero-order valence-corrected chi connectivity index (χ0v) is 27.3. The smallest absolute Gasteiger partial charge is 0.0541 e. The quantitative estimate of drug-likeness (QED) is 0.156. The first-order chi connectivity index (χ1) is 23.8. The molecular formula is C46H38N2. The van der Waals surface area contributed by atoms with E-state index in [0.717, 1.165) is 23.5 Å². The number of rotatable bonds is 9.